The van der Waals surface area contributed by atoms with Gasteiger partial charge in [-0.2, -0.15) is 0 Å². The molecule has 0 aromatic rings. The second-order valence-corrected chi connectivity index (χ2v) is 30.3. The number of carbonyl (C=O) groups is 4. The number of aliphatic hydroxyl groups excluding tert-OH is 2. The van der Waals surface area contributed by atoms with Crippen molar-refractivity contribution >= 4 is 23.9 Å². The van der Waals surface area contributed by atoms with Crippen molar-refractivity contribution in [3.05, 3.63) is 12.2 Å². The Morgan fingerprint density at radius 3 is 0.857 bits per heavy atom. The molecule has 0 saturated carbocycles. The molecular formula is C86H166O12. The van der Waals surface area contributed by atoms with Gasteiger partial charge < -0.3 is 39.0 Å². The fourth-order valence-electron chi connectivity index (χ4n) is 12.9. The van der Waals surface area contributed by atoms with Crippen molar-refractivity contribution in [1.29, 1.82) is 0 Å². The Hall–Kier alpha value is -2.54. The summed E-state index contributed by atoms with van der Waals surface area (Å²) in [5.74, 6) is 1.30. The van der Waals surface area contributed by atoms with E-state index in [2.05, 4.69) is 60.6 Å². The number of unbranched alkanes of at least 4 members (excludes halogenated alkanes) is 41. The van der Waals surface area contributed by atoms with Crippen molar-refractivity contribution in [3.8, 4) is 0 Å². The zero-order valence-electron chi connectivity index (χ0n) is 66.2. The van der Waals surface area contributed by atoms with E-state index in [1.807, 2.05) is 0 Å². The second kappa shape index (κ2) is 78.6. The molecule has 0 bridgehead atoms. The average molecular weight is 1390 g/mol. The van der Waals surface area contributed by atoms with Crippen LogP contribution in [-0.4, -0.2) is 90.7 Å². The summed E-state index contributed by atoms with van der Waals surface area (Å²) in [6.45, 7) is 18.5. The van der Waals surface area contributed by atoms with Crippen LogP contribution in [0.5, 0.6) is 0 Å². The van der Waals surface area contributed by atoms with E-state index in [4.69, 9.17) is 33.9 Å². The molecule has 0 spiro atoms. The van der Waals surface area contributed by atoms with Crippen molar-refractivity contribution < 1.29 is 58.2 Å². The molecule has 98 heavy (non-hydrogen) atoms. The van der Waals surface area contributed by atoms with Gasteiger partial charge in [-0.25, -0.2) is 0 Å². The molecule has 0 saturated heterocycles. The first kappa shape index (κ1) is 97.5. The number of allylic oxidation sites excluding steroid dienone is 2. The lowest BCUT2D eigenvalue weighted by Crippen LogP contribution is -2.30. The Kier molecular flexibility index (Phi) is 78.2. The minimum absolute atomic E-state index is 0.0286. The highest BCUT2D eigenvalue weighted by Gasteiger charge is 2.21. The van der Waals surface area contributed by atoms with Gasteiger partial charge in [-0.3, -0.25) is 19.2 Å². The topological polar surface area (TPSA) is 175 Å². The number of rotatable bonds is 76. The third-order valence-electron chi connectivity index (χ3n) is 19.9. The van der Waals surface area contributed by atoms with Crippen LogP contribution in [0.3, 0.4) is 0 Å². The van der Waals surface area contributed by atoms with Crippen LogP contribution in [0, 0.1) is 23.7 Å². The summed E-state index contributed by atoms with van der Waals surface area (Å²) in [5.41, 5.74) is 0. The van der Waals surface area contributed by atoms with Crippen LogP contribution >= 0.6 is 0 Å². The van der Waals surface area contributed by atoms with E-state index in [-0.39, 0.29) is 69.3 Å². The highest BCUT2D eigenvalue weighted by atomic mass is 16.6. The van der Waals surface area contributed by atoms with Crippen LogP contribution in [0.4, 0.5) is 0 Å². The highest BCUT2D eigenvalue weighted by molar-refractivity contribution is 5.71. The minimum atomic E-state index is -1.38. The quantitative estimate of drug-likeness (QED) is 0.0173. The fourth-order valence-corrected chi connectivity index (χ4v) is 12.9. The van der Waals surface area contributed by atoms with E-state index >= 15 is 0 Å². The first-order chi connectivity index (χ1) is 47.7. The van der Waals surface area contributed by atoms with Gasteiger partial charge in [0.2, 0.25) is 0 Å². The van der Waals surface area contributed by atoms with Crippen LogP contribution in [0.15, 0.2) is 12.2 Å². The van der Waals surface area contributed by atoms with E-state index in [0.29, 0.717) is 25.7 Å². The lowest BCUT2D eigenvalue weighted by atomic mass is 9.96. The summed E-state index contributed by atoms with van der Waals surface area (Å²) < 4.78 is 27.4. The van der Waals surface area contributed by atoms with Gasteiger partial charge in [0.25, 0.3) is 0 Å². The van der Waals surface area contributed by atoms with Gasteiger partial charge in [0.1, 0.15) is 19.8 Å². The smallest absolute Gasteiger partial charge is 0.306 e. The van der Waals surface area contributed by atoms with Gasteiger partial charge in [0.05, 0.1) is 19.3 Å². The van der Waals surface area contributed by atoms with Crippen molar-refractivity contribution in [1.82, 2.24) is 0 Å². The lowest BCUT2D eigenvalue weighted by Gasteiger charge is -2.19. The van der Waals surface area contributed by atoms with Gasteiger partial charge in [-0.1, -0.05) is 369 Å². The summed E-state index contributed by atoms with van der Waals surface area (Å²) in [4.78, 5) is 50.1. The van der Waals surface area contributed by atoms with E-state index < -0.39 is 18.5 Å². The normalized spacial score (nSPS) is 13.5. The first-order valence-corrected chi connectivity index (χ1v) is 42.6. The van der Waals surface area contributed by atoms with Crippen LogP contribution in [0.25, 0.3) is 0 Å². The molecule has 582 valence electrons. The van der Waals surface area contributed by atoms with Gasteiger partial charge in [-0.15, -0.1) is 0 Å². The summed E-state index contributed by atoms with van der Waals surface area (Å²) in [5, 5.41) is 27.5. The number of aliphatic hydroxyl groups is 3. The van der Waals surface area contributed by atoms with Crippen LogP contribution in [-0.2, 0) is 42.9 Å². The molecule has 0 aromatic carbocycles. The molecule has 0 amide bonds. The molecule has 12 nitrogen and oxygen atoms in total. The maximum atomic E-state index is 12.9. The Balaban J connectivity index is 0. The summed E-state index contributed by atoms with van der Waals surface area (Å²) >= 11 is 0. The molecule has 0 fully saturated rings. The summed E-state index contributed by atoms with van der Waals surface area (Å²) in [6, 6.07) is 0. The maximum absolute atomic E-state index is 12.9. The molecule has 0 aromatic heterocycles. The molecule has 0 aliphatic rings. The molecule has 5 unspecified atom stereocenters. The maximum Gasteiger partial charge on any atom is 0.306 e. The number of carbonyl (C=O) groups excluding carboxylic acids is 4. The average Bonchev–Trinajstić information content (AvgIpc) is 1.74. The predicted molar refractivity (Wildman–Crippen MR) is 413 cm³/mol. The van der Waals surface area contributed by atoms with E-state index in [0.717, 1.165) is 94.8 Å². The SMILES string of the molecule is CCCCCC/C=C/CCCCCCCCCC(=O)OCC(O)C(C)COCCC(O)O.CCCCCCC(C)CCCCCCCCCCC(=O)OCC(COC(=O)CCCCCCCCCCC(C)CCCCCC)OC(=O)CCCCCCCCCCC(C)CCCCCC. The van der Waals surface area contributed by atoms with Crippen molar-refractivity contribution in [2.45, 2.75) is 459 Å². The molecule has 0 radical (unpaired) electrons. The molecule has 3 N–H and O–H groups in total. The molecule has 0 aliphatic carbocycles. The second-order valence-electron chi connectivity index (χ2n) is 30.3. The number of esters is 4. The molecule has 0 heterocycles. The van der Waals surface area contributed by atoms with Gasteiger partial charge in [0.15, 0.2) is 12.4 Å². The van der Waals surface area contributed by atoms with Gasteiger partial charge in [0, 0.05) is 38.0 Å². The van der Waals surface area contributed by atoms with E-state index in [9.17, 15) is 24.3 Å². The van der Waals surface area contributed by atoms with E-state index in [1.165, 1.54) is 276 Å². The van der Waals surface area contributed by atoms with Gasteiger partial charge >= 0.3 is 23.9 Å². The van der Waals surface area contributed by atoms with Crippen molar-refractivity contribution in [2.24, 2.45) is 23.7 Å². The zero-order chi connectivity index (χ0) is 72.3. The monoisotopic (exact) mass is 1390 g/mol. The van der Waals surface area contributed by atoms with Crippen molar-refractivity contribution in [3.63, 3.8) is 0 Å². The molecule has 0 rings (SSSR count). The standard InChI is InChI=1S/C60H116O6.C26H50O6/c1-7-10-13-34-43-54(4)46-37-28-22-16-19-25-31-40-49-58(61)64-52-57(66-60(63)51-42-33-27-21-18-24-30-39-48-56(6)45-36-15-12-9-3)53-65-59(62)50-41-32-26-20-17-23-29-38-47-55(5)44-35-14-11-8-2;1-3-4-5-6-7-8-9-10-11-12-13-14-15-16-17-18-26(30)32-22-24(27)23(2)21-31-20-19-25(28)29/h54-57H,7-53H2,1-6H3;8-9,23-25,27-29H,3-7,10-22H2,1-2H3/b;9-8+. The Bertz CT molecular complexity index is 1630. The Morgan fingerprint density at radius 2 is 0.551 bits per heavy atom. The summed E-state index contributed by atoms with van der Waals surface area (Å²) in [7, 11) is 0. The zero-order valence-corrected chi connectivity index (χ0v) is 66.2. The Morgan fingerprint density at radius 1 is 0.296 bits per heavy atom. The molecular weight excluding hydrogens is 1220 g/mol. The number of ether oxygens (including phenoxy) is 5. The largest absolute Gasteiger partial charge is 0.463 e. The molecule has 12 heteroatoms. The third kappa shape index (κ3) is 77.6. The third-order valence-corrected chi connectivity index (χ3v) is 19.9. The highest BCUT2D eigenvalue weighted by Crippen LogP contribution is 2.23. The molecule has 5 atom stereocenters. The number of hydrogen-bond donors (Lipinski definition) is 3. The first-order valence-electron chi connectivity index (χ1n) is 42.6. The van der Waals surface area contributed by atoms with Gasteiger partial charge in [-0.05, 0) is 69.1 Å². The van der Waals surface area contributed by atoms with Crippen LogP contribution < -0.4 is 0 Å². The van der Waals surface area contributed by atoms with Crippen molar-refractivity contribution in [2.75, 3.05) is 33.0 Å². The van der Waals surface area contributed by atoms with E-state index in [1.54, 1.807) is 6.92 Å². The molecule has 0 aliphatic heterocycles. The predicted octanol–water partition coefficient (Wildman–Crippen LogP) is 24.8. The van der Waals surface area contributed by atoms with Crippen LogP contribution in [0.2, 0.25) is 0 Å². The Labute approximate surface area is 607 Å². The summed E-state index contributed by atoms with van der Waals surface area (Å²) in [6.07, 6.45) is 72.3. The lowest BCUT2D eigenvalue weighted by molar-refractivity contribution is -0.167. The number of hydrogen-bond acceptors (Lipinski definition) is 12. The minimum Gasteiger partial charge on any atom is -0.463 e. The van der Waals surface area contributed by atoms with Crippen LogP contribution in [0.1, 0.15) is 441 Å². The fraction of sp³-hybridized carbons (Fsp3) is 0.930.